The lowest BCUT2D eigenvalue weighted by Crippen LogP contribution is -2.47. The van der Waals surface area contributed by atoms with E-state index in [0.717, 1.165) is 16.4 Å². The van der Waals surface area contributed by atoms with Crippen LogP contribution in [0.15, 0.2) is 23.1 Å². The first-order valence-electron chi connectivity index (χ1n) is 9.86. The molecule has 7 nitrogen and oxygen atoms in total. The van der Waals surface area contributed by atoms with E-state index in [1.165, 1.54) is 0 Å². The van der Waals surface area contributed by atoms with Crippen molar-refractivity contribution in [3.8, 4) is 0 Å². The van der Waals surface area contributed by atoms with E-state index in [1.807, 2.05) is 0 Å². The second-order valence-electron chi connectivity index (χ2n) is 7.82. The molecule has 2 N–H and O–H groups in total. The van der Waals surface area contributed by atoms with Gasteiger partial charge in [-0.2, -0.15) is 17.5 Å². The number of nitrogens with two attached hydrogens (primary N) is 1. The van der Waals surface area contributed by atoms with Crippen LogP contribution in [0.1, 0.15) is 31.2 Å². The average molecular weight is 482 g/mol. The Bertz CT molecular complexity index is 955. The highest BCUT2D eigenvalue weighted by Crippen LogP contribution is 2.35. The zero-order valence-corrected chi connectivity index (χ0v) is 18.1. The number of nitrogens with zero attached hydrogens (tertiary/aromatic N) is 2. The largest absolute Gasteiger partial charge is 0.416 e. The van der Waals surface area contributed by atoms with Gasteiger partial charge in [-0.1, -0.05) is 11.6 Å². The van der Waals surface area contributed by atoms with Gasteiger partial charge in [0.1, 0.15) is 4.90 Å². The minimum atomic E-state index is -4.70. The lowest BCUT2D eigenvalue weighted by atomic mass is 9.92. The number of benzene rings is 1. The first kappa shape index (κ1) is 23.8. The molecular formula is C19H23ClF3N3O4S. The van der Waals surface area contributed by atoms with Crippen molar-refractivity contribution in [3.05, 3.63) is 28.8 Å². The van der Waals surface area contributed by atoms with Crippen molar-refractivity contribution in [2.75, 3.05) is 26.2 Å². The van der Waals surface area contributed by atoms with Crippen molar-refractivity contribution in [3.63, 3.8) is 0 Å². The van der Waals surface area contributed by atoms with Gasteiger partial charge in [0.05, 0.1) is 10.6 Å². The summed E-state index contributed by atoms with van der Waals surface area (Å²) in [5.41, 5.74) is 4.21. The van der Waals surface area contributed by atoms with Gasteiger partial charge in [0.15, 0.2) is 0 Å². The van der Waals surface area contributed by atoms with Crippen molar-refractivity contribution < 1.29 is 31.2 Å². The molecule has 0 atom stereocenters. The molecule has 31 heavy (non-hydrogen) atoms. The first-order valence-corrected chi connectivity index (χ1v) is 11.7. The number of halogens is 4. The lowest BCUT2D eigenvalue weighted by Gasteiger charge is -2.36. The molecule has 2 fully saturated rings. The number of carbonyl (C=O) groups excluding carboxylic acids is 2. The molecule has 0 spiro atoms. The third kappa shape index (κ3) is 5.15. The Kier molecular flexibility index (Phi) is 6.87. The van der Waals surface area contributed by atoms with E-state index in [2.05, 4.69) is 0 Å². The predicted octanol–water partition coefficient (Wildman–Crippen LogP) is 2.48. The Morgan fingerprint density at radius 3 is 2.06 bits per heavy atom. The number of likely N-dealkylation sites (tertiary alicyclic amines) is 1. The van der Waals surface area contributed by atoms with Gasteiger partial charge >= 0.3 is 6.18 Å². The number of hydrogen-bond donors (Lipinski definition) is 1. The molecule has 2 aliphatic rings. The number of amides is 2. The Balaban J connectivity index is 1.65. The minimum Gasteiger partial charge on any atom is -0.369 e. The standard InChI is InChI=1S/C19H23ClF3N3O4S/c20-15-2-1-14(19(21,22)23)11-16(15)31(29,30)26-9-5-13(6-10-26)18(28)25-7-3-12(4-8-25)17(24)27/h1-2,11-13H,3-10H2,(H2,24,27). The van der Waals surface area contributed by atoms with Crippen molar-refractivity contribution in [2.45, 2.75) is 36.8 Å². The zero-order chi connectivity index (χ0) is 23.0. The van der Waals surface area contributed by atoms with Gasteiger partial charge in [0, 0.05) is 38.0 Å². The molecule has 3 rings (SSSR count). The highest BCUT2D eigenvalue weighted by Gasteiger charge is 2.38. The monoisotopic (exact) mass is 481 g/mol. The molecule has 2 amide bonds. The maximum absolute atomic E-state index is 13.0. The molecule has 2 aliphatic heterocycles. The van der Waals surface area contributed by atoms with Gasteiger partial charge in [-0.25, -0.2) is 8.42 Å². The van der Waals surface area contributed by atoms with Crippen molar-refractivity contribution in [1.29, 1.82) is 0 Å². The van der Waals surface area contributed by atoms with Crippen LogP contribution in [-0.4, -0.2) is 55.6 Å². The number of rotatable bonds is 4. The molecule has 0 saturated carbocycles. The number of sulfonamides is 1. The fraction of sp³-hybridized carbons (Fsp3) is 0.579. The third-order valence-corrected chi connectivity index (χ3v) is 8.27. The summed E-state index contributed by atoms with van der Waals surface area (Å²) < 4.78 is 65.9. The molecule has 0 unspecified atom stereocenters. The SMILES string of the molecule is NC(=O)C1CCN(C(=O)C2CCN(S(=O)(=O)c3cc(C(F)(F)F)ccc3Cl)CC2)CC1. The molecular weight excluding hydrogens is 459 g/mol. The van der Waals surface area contributed by atoms with Crippen LogP contribution in [0, 0.1) is 11.8 Å². The van der Waals surface area contributed by atoms with Crippen LogP contribution in [-0.2, 0) is 25.8 Å². The van der Waals surface area contributed by atoms with Gasteiger partial charge in [0.2, 0.25) is 21.8 Å². The summed E-state index contributed by atoms with van der Waals surface area (Å²) >= 11 is 5.90. The summed E-state index contributed by atoms with van der Waals surface area (Å²) in [4.78, 5) is 25.1. The second kappa shape index (κ2) is 8.95. The van der Waals surface area contributed by atoms with Crippen molar-refractivity contribution in [2.24, 2.45) is 17.6 Å². The quantitative estimate of drug-likeness (QED) is 0.714. The average Bonchev–Trinajstić information content (AvgIpc) is 2.72. The van der Waals surface area contributed by atoms with E-state index in [-0.39, 0.29) is 54.6 Å². The van der Waals surface area contributed by atoms with E-state index >= 15 is 0 Å². The Morgan fingerprint density at radius 1 is 1.00 bits per heavy atom. The van der Waals surface area contributed by atoms with Crippen molar-refractivity contribution in [1.82, 2.24) is 9.21 Å². The summed E-state index contributed by atoms with van der Waals surface area (Å²) in [6, 6.07) is 2.19. The maximum atomic E-state index is 13.0. The number of alkyl halides is 3. The molecule has 2 heterocycles. The fourth-order valence-corrected chi connectivity index (χ4v) is 5.97. The van der Waals surface area contributed by atoms with Crippen LogP contribution in [0.5, 0.6) is 0 Å². The minimum absolute atomic E-state index is 0.00304. The Morgan fingerprint density at radius 2 is 1.55 bits per heavy atom. The van der Waals surface area contributed by atoms with E-state index < -0.39 is 26.7 Å². The van der Waals surface area contributed by atoms with Crippen LogP contribution in [0.4, 0.5) is 13.2 Å². The van der Waals surface area contributed by atoms with Gasteiger partial charge in [-0.3, -0.25) is 9.59 Å². The molecule has 2 saturated heterocycles. The van der Waals surface area contributed by atoms with Crippen LogP contribution < -0.4 is 5.73 Å². The van der Waals surface area contributed by atoms with Crippen LogP contribution >= 0.6 is 11.6 Å². The summed E-state index contributed by atoms with van der Waals surface area (Å²) in [7, 11) is -4.24. The normalized spacial score (nSPS) is 20.1. The van der Waals surface area contributed by atoms with E-state index in [4.69, 9.17) is 17.3 Å². The molecule has 0 radical (unpaired) electrons. The van der Waals surface area contributed by atoms with E-state index in [0.29, 0.717) is 32.0 Å². The first-order chi connectivity index (χ1) is 14.4. The summed E-state index contributed by atoms with van der Waals surface area (Å²) in [5, 5.41) is -0.288. The molecule has 1 aromatic rings. The van der Waals surface area contributed by atoms with Crippen molar-refractivity contribution >= 4 is 33.4 Å². The number of hydrogen-bond acceptors (Lipinski definition) is 4. The fourth-order valence-electron chi connectivity index (χ4n) is 4.00. The molecule has 0 bridgehead atoms. The molecule has 0 aromatic heterocycles. The Labute approximate surface area is 183 Å². The van der Waals surface area contributed by atoms with Gasteiger partial charge in [0.25, 0.3) is 0 Å². The predicted molar refractivity (Wildman–Crippen MR) is 106 cm³/mol. The van der Waals surface area contributed by atoms with Gasteiger partial charge < -0.3 is 10.6 Å². The third-order valence-electron chi connectivity index (χ3n) is 5.89. The Hall–Kier alpha value is -1.85. The van der Waals surface area contributed by atoms with Crippen LogP contribution in [0.2, 0.25) is 5.02 Å². The maximum Gasteiger partial charge on any atom is 0.416 e. The summed E-state index contributed by atoms with van der Waals surface area (Å²) in [6.45, 7) is 0.849. The number of primary amides is 1. The van der Waals surface area contributed by atoms with E-state index in [9.17, 15) is 31.2 Å². The second-order valence-corrected chi connectivity index (χ2v) is 10.1. The highest BCUT2D eigenvalue weighted by atomic mass is 35.5. The van der Waals surface area contributed by atoms with Crippen LogP contribution in [0.25, 0.3) is 0 Å². The number of carbonyl (C=O) groups is 2. The van der Waals surface area contributed by atoms with Crippen LogP contribution in [0.3, 0.4) is 0 Å². The number of piperidine rings is 2. The molecule has 12 heteroatoms. The van der Waals surface area contributed by atoms with E-state index in [1.54, 1.807) is 4.90 Å². The lowest BCUT2D eigenvalue weighted by molar-refractivity contribution is -0.139. The topological polar surface area (TPSA) is 101 Å². The molecule has 0 aliphatic carbocycles. The van der Waals surface area contributed by atoms with Gasteiger partial charge in [-0.05, 0) is 43.9 Å². The molecule has 172 valence electrons. The molecule has 1 aromatic carbocycles. The van der Waals surface area contributed by atoms with Gasteiger partial charge in [-0.15, -0.1) is 0 Å². The summed E-state index contributed by atoms with van der Waals surface area (Å²) in [5.74, 6) is -1.10. The smallest absolute Gasteiger partial charge is 0.369 e. The highest BCUT2D eigenvalue weighted by molar-refractivity contribution is 7.89. The summed E-state index contributed by atoms with van der Waals surface area (Å²) in [6.07, 6.45) is -3.18. The zero-order valence-electron chi connectivity index (χ0n) is 16.6.